The molecule has 0 radical (unpaired) electrons. The fourth-order valence-electron chi connectivity index (χ4n) is 1.90. The molecule has 0 aliphatic heterocycles. The summed E-state index contributed by atoms with van der Waals surface area (Å²) >= 11 is 5.84. The van der Waals surface area contributed by atoms with E-state index in [1.54, 1.807) is 48.7 Å². The number of nitrogens with one attached hydrogen (secondary N) is 1. The average Bonchev–Trinajstić information content (AvgIpc) is 2.54. The molecule has 0 fully saturated rings. The van der Waals surface area contributed by atoms with E-state index in [1.165, 1.54) is 0 Å². The Hall–Kier alpha value is -2.11. The van der Waals surface area contributed by atoms with Gasteiger partial charge in [0.05, 0.1) is 6.61 Å². The number of carbonyl (C=O) groups excluding carboxylic acids is 1. The molecule has 5 nitrogen and oxygen atoms in total. The smallest absolute Gasteiger partial charge is 0.322 e. The van der Waals surface area contributed by atoms with Crippen molar-refractivity contribution in [3.05, 3.63) is 59.4 Å². The lowest BCUT2D eigenvalue weighted by Gasteiger charge is -2.23. The number of aromatic nitrogens is 1. The van der Waals surface area contributed by atoms with Crippen molar-refractivity contribution in [2.45, 2.75) is 6.54 Å². The fraction of sp³-hybridized carbons (Fsp3) is 0.250. The molecule has 1 heterocycles. The van der Waals surface area contributed by atoms with Gasteiger partial charge in [0.25, 0.3) is 0 Å². The molecule has 0 unspecified atom stereocenters. The van der Waals surface area contributed by atoms with E-state index in [1.807, 2.05) is 12.1 Å². The highest BCUT2D eigenvalue weighted by Gasteiger charge is 2.14. The molecule has 2 aromatic rings. The van der Waals surface area contributed by atoms with Gasteiger partial charge in [0.15, 0.2) is 0 Å². The number of amides is 2. The molecular formula is C16H18ClN3O2. The summed E-state index contributed by atoms with van der Waals surface area (Å²) < 4.78 is 5.07. The summed E-state index contributed by atoms with van der Waals surface area (Å²) in [6.45, 7) is 1.46. The molecule has 0 spiro atoms. The molecular weight excluding hydrogens is 302 g/mol. The number of pyridine rings is 1. The molecule has 1 aromatic carbocycles. The number of rotatable bonds is 6. The van der Waals surface area contributed by atoms with Gasteiger partial charge in [-0.25, -0.2) is 4.79 Å². The SMILES string of the molecule is COCCN(Cc1ccncc1)C(=O)Nc1ccc(Cl)cc1. The van der Waals surface area contributed by atoms with Crippen LogP contribution in [0, 0.1) is 0 Å². The summed E-state index contributed by atoms with van der Waals surface area (Å²) in [5, 5.41) is 3.49. The first kappa shape index (κ1) is 16.3. The first-order chi connectivity index (χ1) is 10.7. The van der Waals surface area contributed by atoms with E-state index in [2.05, 4.69) is 10.3 Å². The molecule has 116 valence electrons. The van der Waals surface area contributed by atoms with Gasteiger partial charge < -0.3 is 15.0 Å². The lowest BCUT2D eigenvalue weighted by atomic mass is 10.2. The molecule has 2 amide bonds. The number of anilines is 1. The molecule has 22 heavy (non-hydrogen) atoms. The van der Waals surface area contributed by atoms with Gasteiger partial charge in [-0.1, -0.05) is 11.6 Å². The van der Waals surface area contributed by atoms with E-state index < -0.39 is 0 Å². The second-order valence-electron chi connectivity index (χ2n) is 4.71. The molecule has 1 aromatic heterocycles. The predicted octanol–water partition coefficient (Wildman–Crippen LogP) is 3.42. The largest absolute Gasteiger partial charge is 0.383 e. The number of methoxy groups -OCH3 is 1. The Kier molecular flexibility index (Phi) is 6.18. The Balaban J connectivity index is 2.03. The Bertz CT molecular complexity index is 590. The van der Waals surface area contributed by atoms with Crippen molar-refractivity contribution < 1.29 is 9.53 Å². The summed E-state index contributed by atoms with van der Waals surface area (Å²) in [5.41, 5.74) is 1.71. The zero-order chi connectivity index (χ0) is 15.8. The van der Waals surface area contributed by atoms with Crippen LogP contribution in [-0.4, -0.2) is 36.2 Å². The highest BCUT2D eigenvalue weighted by atomic mass is 35.5. The minimum absolute atomic E-state index is 0.184. The maximum atomic E-state index is 12.4. The van der Waals surface area contributed by atoms with Gasteiger partial charge >= 0.3 is 6.03 Å². The third-order valence-corrected chi connectivity index (χ3v) is 3.32. The highest BCUT2D eigenvalue weighted by Crippen LogP contribution is 2.14. The first-order valence-corrected chi connectivity index (χ1v) is 7.26. The van der Waals surface area contributed by atoms with Crippen molar-refractivity contribution in [2.75, 3.05) is 25.6 Å². The van der Waals surface area contributed by atoms with Gasteiger partial charge in [0, 0.05) is 43.3 Å². The summed E-state index contributed by atoms with van der Waals surface area (Å²) in [4.78, 5) is 18.1. The summed E-state index contributed by atoms with van der Waals surface area (Å²) in [6.07, 6.45) is 3.42. The molecule has 0 atom stereocenters. The molecule has 0 saturated heterocycles. The molecule has 1 N–H and O–H groups in total. The summed E-state index contributed by atoms with van der Waals surface area (Å²) in [6, 6.07) is 10.6. The van der Waals surface area contributed by atoms with E-state index in [4.69, 9.17) is 16.3 Å². The van der Waals surface area contributed by atoms with Crippen LogP contribution in [0.25, 0.3) is 0 Å². The van der Waals surface area contributed by atoms with Crippen molar-refractivity contribution in [3.8, 4) is 0 Å². The second-order valence-corrected chi connectivity index (χ2v) is 5.14. The zero-order valence-corrected chi connectivity index (χ0v) is 13.1. The highest BCUT2D eigenvalue weighted by molar-refractivity contribution is 6.30. The molecule has 0 saturated carbocycles. The number of hydrogen-bond donors (Lipinski definition) is 1. The average molecular weight is 320 g/mol. The topological polar surface area (TPSA) is 54.5 Å². The van der Waals surface area contributed by atoms with Crippen LogP contribution in [0.4, 0.5) is 10.5 Å². The minimum atomic E-state index is -0.184. The quantitative estimate of drug-likeness (QED) is 0.887. The van der Waals surface area contributed by atoms with Crippen LogP contribution in [0.15, 0.2) is 48.8 Å². The fourth-order valence-corrected chi connectivity index (χ4v) is 2.02. The number of urea groups is 1. The first-order valence-electron chi connectivity index (χ1n) is 6.88. The normalized spacial score (nSPS) is 10.3. The lowest BCUT2D eigenvalue weighted by Crippen LogP contribution is -2.36. The van der Waals surface area contributed by atoms with Crippen molar-refractivity contribution in [2.24, 2.45) is 0 Å². The van der Waals surface area contributed by atoms with Crippen molar-refractivity contribution in [1.29, 1.82) is 0 Å². The van der Waals surface area contributed by atoms with Gasteiger partial charge in [-0.15, -0.1) is 0 Å². The van der Waals surface area contributed by atoms with E-state index in [0.717, 1.165) is 5.56 Å². The second kappa shape index (κ2) is 8.36. The van der Waals surface area contributed by atoms with E-state index >= 15 is 0 Å². The molecule has 0 aliphatic rings. The van der Waals surface area contributed by atoms with Crippen LogP contribution >= 0.6 is 11.6 Å². The summed E-state index contributed by atoms with van der Waals surface area (Å²) in [5.74, 6) is 0. The van der Waals surface area contributed by atoms with Crippen molar-refractivity contribution in [3.63, 3.8) is 0 Å². The van der Waals surface area contributed by atoms with Crippen LogP contribution in [-0.2, 0) is 11.3 Å². The number of hydrogen-bond acceptors (Lipinski definition) is 3. The van der Waals surface area contributed by atoms with Gasteiger partial charge in [-0.2, -0.15) is 0 Å². The lowest BCUT2D eigenvalue weighted by molar-refractivity contribution is 0.153. The van der Waals surface area contributed by atoms with Crippen molar-refractivity contribution in [1.82, 2.24) is 9.88 Å². The number of halogens is 1. The van der Waals surface area contributed by atoms with E-state index in [0.29, 0.717) is 30.4 Å². The van der Waals surface area contributed by atoms with Gasteiger partial charge in [-0.3, -0.25) is 4.98 Å². The minimum Gasteiger partial charge on any atom is -0.383 e. The standard InChI is InChI=1S/C16H18ClN3O2/c1-22-11-10-20(12-13-6-8-18-9-7-13)16(21)19-15-4-2-14(17)3-5-15/h2-9H,10-12H2,1H3,(H,19,21). The Morgan fingerprint density at radius 1 is 1.23 bits per heavy atom. The maximum absolute atomic E-state index is 12.4. The Morgan fingerprint density at radius 2 is 1.91 bits per heavy atom. The predicted molar refractivity (Wildman–Crippen MR) is 87.0 cm³/mol. The van der Waals surface area contributed by atoms with Crippen LogP contribution in [0.5, 0.6) is 0 Å². The van der Waals surface area contributed by atoms with Gasteiger partial charge in [0.2, 0.25) is 0 Å². The molecule has 0 bridgehead atoms. The number of carbonyl (C=O) groups is 1. The Labute approximate surface area is 134 Å². The third-order valence-electron chi connectivity index (χ3n) is 3.07. The van der Waals surface area contributed by atoms with E-state index in [9.17, 15) is 4.79 Å². The van der Waals surface area contributed by atoms with Crippen molar-refractivity contribution >= 4 is 23.3 Å². The monoisotopic (exact) mass is 319 g/mol. The molecule has 2 rings (SSSR count). The zero-order valence-electron chi connectivity index (χ0n) is 12.3. The van der Waals surface area contributed by atoms with Gasteiger partial charge in [0.1, 0.15) is 0 Å². The van der Waals surface area contributed by atoms with Crippen LogP contribution in [0.3, 0.4) is 0 Å². The number of benzene rings is 1. The number of ether oxygens (including phenoxy) is 1. The maximum Gasteiger partial charge on any atom is 0.322 e. The number of nitrogens with zero attached hydrogens (tertiary/aromatic N) is 2. The van der Waals surface area contributed by atoms with Crippen LogP contribution < -0.4 is 5.32 Å². The van der Waals surface area contributed by atoms with E-state index in [-0.39, 0.29) is 6.03 Å². The Morgan fingerprint density at radius 3 is 2.55 bits per heavy atom. The molecule has 6 heteroatoms. The van der Waals surface area contributed by atoms with Gasteiger partial charge in [-0.05, 0) is 42.0 Å². The van der Waals surface area contributed by atoms with Crippen LogP contribution in [0.1, 0.15) is 5.56 Å². The summed E-state index contributed by atoms with van der Waals surface area (Å²) in [7, 11) is 1.61. The molecule has 0 aliphatic carbocycles. The van der Waals surface area contributed by atoms with Crippen LogP contribution in [0.2, 0.25) is 5.02 Å². The third kappa shape index (κ3) is 5.02.